The highest BCUT2D eigenvalue weighted by Gasteiger charge is 2.18. The molecule has 0 unspecified atom stereocenters. The standard InChI is InChI=1S/C13H12Cl2N2O2/c1-8-5-6-17(16-8)13(18)9(2)19-12-4-3-10(14)7-11(12)15/h3-7,9H,1-2H3/t9-/m1/s1. The Morgan fingerprint density at radius 2 is 2.11 bits per heavy atom. The number of hydrogen-bond acceptors (Lipinski definition) is 3. The fourth-order valence-electron chi connectivity index (χ4n) is 1.54. The molecule has 2 aromatic rings. The van der Waals surface area contributed by atoms with Crippen molar-refractivity contribution >= 4 is 29.1 Å². The maximum absolute atomic E-state index is 12.0. The van der Waals surface area contributed by atoms with E-state index in [1.807, 2.05) is 6.92 Å². The van der Waals surface area contributed by atoms with Crippen molar-refractivity contribution in [1.29, 1.82) is 0 Å². The van der Waals surface area contributed by atoms with Gasteiger partial charge in [0.15, 0.2) is 6.10 Å². The Kier molecular flexibility index (Phi) is 4.12. The fraction of sp³-hybridized carbons (Fsp3) is 0.231. The van der Waals surface area contributed by atoms with Gasteiger partial charge in [0, 0.05) is 11.2 Å². The van der Waals surface area contributed by atoms with Gasteiger partial charge >= 0.3 is 0 Å². The summed E-state index contributed by atoms with van der Waals surface area (Å²) in [6, 6.07) is 6.59. The van der Waals surface area contributed by atoms with Gasteiger partial charge in [-0.25, -0.2) is 4.68 Å². The molecule has 1 aromatic heterocycles. The van der Waals surface area contributed by atoms with Gasteiger partial charge in [-0.15, -0.1) is 0 Å². The molecule has 1 atom stereocenters. The van der Waals surface area contributed by atoms with Crippen LogP contribution < -0.4 is 4.74 Å². The van der Waals surface area contributed by atoms with Crippen LogP contribution in [0.2, 0.25) is 10.0 Å². The first-order valence-electron chi connectivity index (χ1n) is 5.65. The molecule has 0 N–H and O–H groups in total. The van der Waals surface area contributed by atoms with Crippen LogP contribution in [-0.2, 0) is 0 Å². The van der Waals surface area contributed by atoms with Gasteiger partial charge in [-0.2, -0.15) is 5.10 Å². The molecule has 4 nitrogen and oxygen atoms in total. The van der Waals surface area contributed by atoms with E-state index >= 15 is 0 Å². The van der Waals surface area contributed by atoms with Gasteiger partial charge in [-0.3, -0.25) is 4.79 Å². The van der Waals surface area contributed by atoms with Gasteiger partial charge < -0.3 is 4.74 Å². The highest BCUT2D eigenvalue weighted by molar-refractivity contribution is 6.35. The third-order valence-corrected chi connectivity index (χ3v) is 3.02. The van der Waals surface area contributed by atoms with Gasteiger partial charge in [-0.1, -0.05) is 23.2 Å². The lowest BCUT2D eigenvalue weighted by Gasteiger charge is -2.14. The molecule has 0 saturated heterocycles. The van der Waals surface area contributed by atoms with E-state index in [-0.39, 0.29) is 5.91 Å². The molecule has 0 spiro atoms. The summed E-state index contributed by atoms with van der Waals surface area (Å²) in [5, 5.41) is 4.92. The summed E-state index contributed by atoms with van der Waals surface area (Å²) in [6.07, 6.45) is 0.902. The van der Waals surface area contributed by atoms with Crippen LogP contribution in [-0.4, -0.2) is 21.8 Å². The number of aryl methyl sites for hydroxylation is 1. The normalized spacial score (nSPS) is 12.2. The second-order valence-corrected chi connectivity index (χ2v) is 4.92. The fourth-order valence-corrected chi connectivity index (χ4v) is 1.99. The first-order valence-corrected chi connectivity index (χ1v) is 6.41. The molecule has 0 radical (unpaired) electrons. The molecule has 0 aliphatic rings. The maximum Gasteiger partial charge on any atom is 0.287 e. The smallest absolute Gasteiger partial charge is 0.287 e. The van der Waals surface area contributed by atoms with E-state index in [0.717, 1.165) is 5.69 Å². The molecule has 100 valence electrons. The summed E-state index contributed by atoms with van der Waals surface area (Å²) < 4.78 is 6.78. The van der Waals surface area contributed by atoms with Crippen LogP contribution in [0.25, 0.3) is 0 Å². The Morgan fingerprint density at radius 1 is 1.37 bits per heavy atom. The monoisotopic (exact) mass is 298 g/mol. The molecule has 19 heavy (non-hydrogen) atoms. The van der Waals surface area contributed by atoms with Crippen molar-refractivity contribution in [1.82, 2.24) is 9.78 Å². The third kappa shape index (κ3) is 3.28. The van der Waals surface area contributed by atoms with E-state index in [2.05, 4.69) is 5.10 Å². The van der Waals surface area contributed by atoms with Crippen molar-refractivity contribution in [2.75, 3.05) is 0 Å². The van der Waals surface area contributed by atoms with Crippen LogP contribution >= 0.6 is 23.2 Å². The highest BCUT2D eigenvalue weighted by Crippen LogP contribution is 2.28. The summed E-state index contributed by atoms with van der Waals surface area (Å²) in [6.45, 7) is 3.45. The van der Waals surface area contributed by atoms with E-state index in [0.29, 0.717) is 15.8 Å². The first kappa shape index (κ1) is 13.9. The van der Waals surface area contributed by atoms with Gasteiger partial charge in [0.1, 0.15) is 5.75 Å². The Balaban J connectivity index is 2.12. The SMILES string of the molecule is Cc1ccn(C(=O)[C@@H](C)Oc2ccc(Cl)cc2Cl)n1. The van der Waals surface area contributed by atoms with Crippen molar-refractivity contribution in [3.8, 4) is 5.75 Å². The van der Waals surface area contributed by atoms with Crippen LogP contribution in [0.15, 0.2) is 30.5 Å². The first-order chi connectivity index (χ1) is 8.97. The Bertz CT molecular complexity index is 610. The summed E-state index contributed by atoms with van der Waals surface area (Å²) >= 11 is 11.8. The minimum atomic E-state index is -0.696. The average Bonchev–Trinajstić information content (AvgIpc) is 2.78. The van der Waals surface area contributed by atoms with Gasteiger partial charge in [0.2, 0.25) is 0 Å². The zero-order valence-electron chi connectivity index (χ0n) is 10.4. The van der Waals surface area contributed by atoms with E-state index in [4.69, 9.17) is 27.9 Å². The molecule has 0 amide bonds. The highest BCUT2D eigenvalue weighted by atomic mass is 35.5. The van der Waals surface area contributed by atoms with Crippen LogP contribution in [0, 0.1) is 6.92 Å². The predicted octanol–water partition coefficient (Wildman–Crippen LogP) is 3.61. The quantitative estimate of drug-likeness (QED) is 0.869. The summed E-state index contributed by atoms with van der Waals surface area (Å²) in [5.41, 5.74) is 0.769. The van der Waals surface area contributed by atoms with E-state index in [1.54, 1.807) is 37.4 Å². The summed E-state index contributed by atoms with van der Waals surface area (Å²) in [4.78, 5) is 12.0. The molecule has 0 bridgehead atoms. The van der Waals surface area contributed by atoms with Crippen molar-refractivity contribution in [2.45, 2.75) is 20.0 Å². The van der Waals surface area contributed by atoms with Crippen molar-refractivity contribution in [2.24, 2.45) is 0 Å². The largest absolute Gasteiger partial charge is 0.479 e. The maximum atomic E-state index is 12.0. The van der Waals surface area contributed by atoms with Crippen LogP contribution in [0.3, 0.4) is 0 Å². The predicted molar refractivity (Wildman–Crippen MR) is 74.1 cm³/mol. The number of halogens is 2. The average molecular weight is 299 g/mol. The van der Waals surface area contributed by atoms with Crippen molar-refractivity contribution in [3.63, 3.8) is 0 Å². The van der Waals surface area contributed by atoms with Gasteiger partial charge in [0.05, 0.1) is 10.7 Å². The summed E-state index contributed by atoms with van der Waals surface area (Å²) in [7, 11) is 0. The molecule has 0 fully saturated rings. The molecule has 2 rings (SSSR count). The van der Waals surface area contributed by atoms with Gasteiger partial charge in [-0.05, 0) is 38.1 Å². The number of hydrogen-bond donors (Lipinski definition) is 0. The summed E-state index contributed by atoms with van der Waals surface area (Å²) in [5.74, 6) is 0.148. The van der Waals surface area contributed by atoms with Gasteiger partial charge in [0.25, 0.3) is 5.91 Å². The molecule has 0 aliphatic carbocycles. The minimum Gasteiger partial charge on any atom is -0.479 e. The Labute approximate surface area is 120 Å². The number of ether oxygens (including phenoxy) is 1. The van der Waals surface area contributed by atoms with Crippen LogP contribution in [0.4, 0.5) is 0 Å². The number of carbonyl (C=O) groups excluding carboxylic acids is 1. The Hall–Kier alpha value is -1.52. The molecule has 1 heterocycles. The zero-order valence-corrected chi connectivity index (χ0v) is 11.9. The molecular formula is C13H12Cl2N2O2. The van der Waals surface area contributed by atoms with E-state index in [9.17, 15) is 4.79 Å². The lowest BCUT2D eigenvalue weighted by Crippen LogP contribution is -2.29. The number of carbonyl (C=O) groups is 1. The minimum absolute atomic E-state index is 0.265. The third-order valence-electron chi connectivity index (χ3n) is 2.49. The molecule has 6 heteroatoms. The molecule has 0 saturated carbocycles. The van der Waals surface area contributed by atoms with Crippen molar-refractivity contribution < 1.29 is 9.53 Å². The van der Waals surface area contributed by atoms with E-state index < -0.39 is 6.10 Å². The lowest BCUT2D eigenvalue weighted by molar-refractivity contribution is 0.0710. The molecule has 1 aromatic carbocycles. The number of nitrogens with zero attached hydrogens (tertiary/aromatic N) is 2. The van der Waals surface area contributed by atoms with Crippen molar-refractivity contribution in [3.05, 3.63) is 46.2 Å². The molecule has 0 aliphatic heterocycles. The number of rotatable bonds is 3. The van der Waals surface area contributed by atoms with Crippen LogP contribution in [0.1, 0.15) is 17.4 Å². The Morgan fingerprint density at radius 3 is 2.68 bits per heavy atom. The zero-order chi connectivity index (χ0) is 14.0. The molecular weight excluding hydrogens is 287 g/mol. The topological polar surface area (TPSA) is 44.1 Å². The second-order valence-electron chi connectivity index (χ2n) is 4.07. The number of benzene rings is 1. The lowest BCUT2D eigenvalue weighted by atomic mass is 10.3. The number of aromatic nitrogens is 2. The van der Waals surface area contributed by atoms with Crippen LogP contribution in [0.5, 0.6) is 5.75 Å². The second kappa shape index (κ2) is 5.63. The van der Waals surface area contributed by atoms with E-state index in [1.165, 1.54) is 4.68 Å².